The Balaban J connectivity index is 1.09. The molecule has 0 N–H and O–H groups in total. The van der Waals surface area contributed by atoms with Gasteiger partial charge in [-0.05, 0) is 55.7 Å². The molecule has 5 rings (SSSR count). The van der Waals surface area contributed by atoms with Crippen molar-refractivity contribution in [2.75, 3.05) is 62.3 Å². The Bertz CT molecular complexity index is 950. The predicted molar refractivity (Wildman–Crippen MR) is 129 cm³/mol. The van der Waals surface area contributed by atoms with Crippen LogP contribution in [0.5, 0.6) is 0 Å². The fraction of sp³-hybridized carbons (Fsp3) is 0.577. The lowest BCUT2D eigenvalue weighted by atomic mass is 9.88. The lowest BCUT2D eigenvalue weighted by Crippen LogP contribution is -2.45. The summed E-state index contributed by atoms with van der Waals surface area (Å²) in [7, 11) is 0. The number of morpholine rings is 1. The Morgan fingerprint density at radius 1 is 0.882 bits per heavy atom. The first-order chi connectivity index (χ1) is 16.7. The van der Waals surface area contributed by atoms with Crippen LogP contribution in [0.1, 0.15) is 31.2 Å². The fourth-order valence-electron chi connectivity index (χ4n) is 5.40. The van der Waals surface area contributed by atoms with Crippen LogP contribution in [0.4, 0.5) is 16.0 Å². The number of anilines is 2. The van der Waals surface area contributed by atoms with Gasteiger partial charge in [-0.1, -0.05) is 12.1 Å². The van der Waals surface area contributed by atoms with E-state index >= 15 is 0 Å². The number of nitrogens with zero attached hydrogens (tertiary/aromatic N) is 5. The van der Waals surface area contributed by atoms with E-state index in [1.165, 1.54) is 17.7 Å². The van der Waals surface area contributed by atoms with Crippen LogP contribution in [-0.2, 0) is 16.0 Å². The van der Waals surface area contributed by atoms with Crippen molar-refractivity contribution in [3.8, 4) is 0 Å². The summed E-state index contributed by atoms with van der Waals surface area (Å²) in [5, 5.41) is 0. The number of likely N-dealkylation sites (tertiary alicyclic amines) is 1. The van der Waals surface area contributed by atoms with Crippen molar-refractivity contribution in [3.63, 3.8) is 0 Å². The Kier molecular flexibility index (Phi) is 7.23. The number of ether oxygens (including phenoxy) is 1. The number of carbonyl (C=O) groups excluding carboxylic acids is 1. The first-order valence-electron chi connectivity index (χ1n) is 12.6. The number of piperidine rings is 2. The average Bonchev–Trinajstić information content (AvgIpc) is 2.91. The number of halogens is 1. The topological polar surface area (TPSA) is 61.8 Å². The summed E-state index contributed by atoms with van der Waals surface area (Å²) in [4.78, 5) is 28.7. The highest BCUT2D eigenvalue weighted by atomic mass is 19.1. The second-order valence-corrected chi connectivity index (χ2v) is 9.69. The third kappa shape index (κ3) is 5.49. The summed E-state index contributed by atoms with van der Waals surface area (Å²) in [6.45, 7) is 6.53. The molecule has 182 valence electrons. The molecule has 34 heavy (non-hydrogen) atoms. The molecule has 0 unspecified atom stereocenters. The van der Waals surface area contributed by atoms with E-state index in [0.29, 0.717) is 11.8 Å². The van der Waals surface area contributed by atoms with Crippen LogP contribution >= 0.6 is 0 Å². The molecule has 0 atom stereocenters. The van der Waals surface area contributed by atoms with E-state index in [0.717, 1.165) is 96.2 Å². The summed E-state index contributed by atoms with van der Waals surface area (Å²) in [5.74, 6) is 2.70. The fourth-order valence-corrected chi connectivity index (χ4v) is 5.40. The second kappa shape index (κ2) is 10.7. The molecule has 1 amide bonds. The standard InChI is InChI=1S/C26H34FN5O2/c27-23-3-1-20(2-4-23)17-21-5-9-32(10-6-21)26(33)22-7-11-30(12-8-22)24-18-25(29-19-28-24)31-13-15-34-16-14-31/h1-4,18-19,21-22H,5-17H2. The maximum absolute atomic E-state index is 13.2. The molecule has 1 aromatic carbocycles. The van der Waals surface area contributed by atoms with E-state index < -0.39 is 0 Å². The van der Waals surface area contributed by atoms with Crippen molar-refractivity contribution in [1.82, 2.24) is 14.9 Å². The lowest BCUT2D eigenvalue weighted by Gasteiger charge is -2.38. The third-order valence-corrected chi connectivity index (χ3v) is 7.51. The highest BCUT2D eigenvalue weighted by Gasteiger charge is 2.31. The summed E-state index contributed by atoms with van der Waals surface area (Å²) in [6.07, 6.45) is 6.39. The Morgan fingerprint density at radius 3 is 2.15 bits per heavy atom. The van der Waals surface area contributed by atoms with Gasteiger partial charge in [0, 0.05) is 51.3 Å². The van der Waals surface area contributed by atoms with Crippen LogP contribution in [0.2, 0.25) is 0 Å². The zero-order chi connectivity index (χ0) is 23.3. The SMILES string of the molecule is O=C(C1CCN(c2cc(N3CCOCC3)ncn2)CC1)N1CCC(Cc2ccc(F)cc2)CC1. The van der Waals surface area contributed by atoms with Crippen LogP contribution in [0.3, 0.4) is 0 Å². The van der Waals surface area contributed by atoms with Crippen LogP contribution in [0.15, 0.2) is 36.7 Å². The summed E-state index contributed by atoms with van der Waals surface area (Å²) >= 11 is 0. The van der Waals surface area contributed by atoms with E-state index in [-0.39, 0.29) is 11.7 Å². The Labute approximate surface area is 200 Å². The van der Waals surface area contributed by atoms with E-state index in [1.807, 2.05) is 12.1 Å². The molecule has 7 nitrogen and oxygen atoms in total. The van der Waals surface area contributed by atoms with E-state index in [2.05, 4.69) is 30.7 Å². The summed E-state index contributed by atoms with van der Waals surface area (Å²) in [5.41, 5.74) is 1.18. The first kappa shape index (κ1) is 23.0. The minimum atomic E-state index is -0.188. The molecule has 3 aliphatic heterocycles. The van der Waals surface area contributed by atoms with E-state index in [4.69, 9.17) is 4.74 Å². The van der Waals surface area contributed by atoms with Crippen molar-refractivity contribution < 1.29 is 13.9 Å². The molecule has 8 heteroatoms. The minimum absolute atomic E-state index is 0.102. The molecule has 3 saturated heterocycles. The van der Waals surface area contributed by atoms with Gasteiger partial charge in [0.25, 0.3) is 0 Å². The summed E-state index contributed by atoms with van der Waals surface area (Å²) in [6, 6.07) is 8.89. The molecule has 0 aliphatic carbocycles. The van der Waals surface area contributed by atoms with Gasteiger partial charge in [-0.3, -0.25) is 4.79 Å². The van der Waals surface area contributed by atoms with Crippen LogP contribution < -0.4 is 9.80 Å². The number of aromatic nitrogens is 2. The van der Waals surface area contributed by atoms with Crippen LogP contribution in [0, 0.1) is 17.7 Å². The Morgan fingerprint density at radius 2 is 1.50 bits per heavy atom. The van der Waals surface area contributed by atoms with Crippen LogP contribution in [-0.4, -0.2) is 73.3 Å². The predicted octanol–water partition coefficient (Wildman–Crippen LogP) is 3.15. The van der Waals surface area contributed by atoms with Gasteiger partial charge >= 0.3 is 0 Å². The number of hydrogen-bond donors (Lipinski definition) is 0. The molecular weight excluding hydrogens is 433 g/mol. The molecule has 0 saturated carbocycles. The Hall–Kier alpha value is -2.74. The maximum atomic E-state index is 13.2. The minimum Gasteiger partial charge on any atom is -0.378 e. The normalized spacial score (nSPS) is 20.6. The molecule has 0 radical (unpaired) electrons. The van der Waals surface area contributed by atoms with E-state index in [1.54, 1.807) is 6.33 Å². The molecular formula is C26H34FN5O2. The van der Waals surface area contributed by atoms with Gasteiger partial charge in [0.15, 0.2) is 0 Å². The molecule has 2 aromatic rings. The van der Waals surface area contributed by atoms with Gasteiger partial charge in [-0.2, -0.15) is 0 Å². The van der Waals surface area contributed by atoms with Crippen molar-refractivity contribution >= 4 is 17.5 Å². The van der Waals surface area contributed by atoms with Crippen molar-refractivity contribution in [3.05, 3.63) is 48.0 Å². The van der Waals surface area contributed by atoms with E-state index in [9.17, 15) is 9.18 Å². The zero-order valence-corrected chi connectivity index (χ0v) is 19.7. The number of amides is 1. The molecule has 4 heterocycles. The van der Waals surface area contributed by atoms with Crippen molar-refractivity contribution in [1.29, 1.82) is 0 Å². The van der Waals surface area contributed by atoms with Gasteiger partial charge in [-0.25, -0.2) is 14.4 Å². The van der Waals surface area contributed by atoms with Gasteiger partial charge in [0.05, 0.1) is 13.2 Å². The third-order valence-electron chi connectivity index (χ3n) is 7.51. The second-order valence-electron chi connectivity index (χ2n) is 9.69. The van der Waals surface area contributed by atoms with Crippen LogP contribution in [0.25, 0.3) is 0 Å². The van der Waals surface area contributed by atoms with Crippen molar-refractivity contribution in [2.45, 2.75) is 32.1 Å². The largest absolute Gasteiger partial charge is 0.378 e. The first-order valence-corrected chi connectivity index (χ1v) is 12.6. The number of carbonyl (C=O) groups is 1. The number of benzene rings is 1. The zero-order valence-electron chi connectivity index (χ0n) is 19.7. The molecule has 0 bridgehead atoms. The van der Waals surface area contributed by atoms with Gasteiger partial charge in [-0.15, -0.1) is 0 Å². The molecule has 3 fully saturated rings. The van der Waals surface area contributed by atoms with Gasteiger partial charge in [0.2, 0.25) is 5.91 Å². The quantitative estimate of drug-likeness (QED) is 0.673. The molecule has 0 spiro atoms. The monoisotopic (exact) mass is 467 g/mol. The highest BCUT2D eigenvalue weighted by Crippen LogP contribution is 2.28. The lowest BCUT2D eigenvalue weighted by molar-refractivity contribution is -0.137. The molecule has 3 aliphatic rings. The van der Waals surface area contributed by atoms with Crippen molar-refractivity contribution in [2.24, 2.45) is 11.8 Å². The average molecular weight is 468 g/mol. The highest BCUT2D eigenvalue weighted by molar-refractivity contribution is 5.79. The number of hydrogen-bond acceptors (Lipinski definition) is 6. The van der Waals surface area contributed by atoms with Gasteiger partial charge in [0.1, 0.15) is 23.8 Å². The maximum Gasteiger partial charge on any atom is 0.225 e. The number of rotatable bonds is 5. The molecule has 1 aromatic heterocycles. The summed E-state index contributed by atoms with van der Waals surface area (Å²) < 4.78 is 18.6. The van der Waals surface area contributed by atoms with Gasteiger partial charge < -0.3 is 19.4 Å². The smallest absolute Gasteiger partial charge is 0.225 e.